The molecule has 1 aliphatic heterocycles. The standard InChI is InChI=1S/C28H30FN3O5S/c1-3-37-24-12-9-21(10-13-24)28(34)32(23-7-5-4-6-8-23)20-27(33)31-17-15-30(16-18-31)25-14-11-22(29)19-26(25)38(2,35)36/h4-14,19H,3,15-18,20H2,1-2H3. The largest absolute Gasteiger partial charge is 0.494 e. The molecule has 0 bridgehead atoms. The number of benzene rings is 3. The molecule has 1 fully saturated rings. The van der Waals surface area contributed by atoms with Gasteiger partial charge in [0, 0.05) is 43.7 Å². The number of piperazine rings is 1. The lowest BCUT2D eigenvalue weighted by Crippen LogP contribution is -2.52. The highest BCUT2D eigenvalue weighted by Gasteiger charge is 2.28. The van der Waals surface area contributed by atoms with E-state index in [2.05, 4.69) is 0 Å². The highest BCUT2D eigenvalue weighted by atomic mass is 32.2. The molecule has 0 N–H and O–H groups in total. The zero-order valence-corrected chi connectivity index (χ0v) is 22.2. The van der Waals surface area contributed by atoms with E-state index < -0.39 is 15.7 Å². The van der Waals surface area contributed by atoms with E-state index >= 15 is 0 Å². The smallest absolute Gasteiger partial charge is 0.258 e. The highest BCUT2D eigenvalue weighted by Crippen LogP contribution is 2.27. The van der Waals surface area contributed by atoms with Crippen molar-refractivity contribution in [1.82, 2.24) is 4.90 Å². The van der Waals surface area contributed by atoms with Crippen LogP contribution in [0, 0.1) is 5.82 Å². The van der Waals surface area contributed by atoms with Gasteiger partial charge in [-0.25, -0.2) is 12.8 Å². The van der Waals surface area contributed by atoms with Crippen LogP contribution in [0.1, 0.15) is 17.3 Å². The summed E-state index contributed by atoms with van der Waals surface area (Å²) in [7, 11) is -3.64. The van der Waals surface area contributed by atoms with E-state index in [0.717, 1.165) is 12.3 Å². The zero-order valence-electron chi connectivity index (χ0n) is 21.3. The molecular weight excluding hydrogens is 509 g/mol. The zero-order chi connectivity index (χ0) is 27.3. The number of rotatable bonds is 8. The summed E-state index contributed by atoms with van der Waals surface area (Å²) in [4.78, 5) is 31.6. The molecule has 3 aromatic carbocycles. The maximum absolute atomic E-state index is 13.7. The maximum atomic E-state index is 13.7. The van der Waals surface area contributed by atoms with Crippen molar-refractivity contribution in [2.45, 2.75) is 11.8 Å². The van der Waals surface area contributed by atoms with Crippen molar-refractivity contribution in [3.63, 3.8) is 0 Å². The van der Waals surface area contributed by atoms with Gasteiger partial charge in [-0.15, -0.1) is 0 Å². The van der Waals surface area contributed by atoms with Crippen LogP contribution in [0.5, 0.6) is 5.75 Å². The lowest BCUT2D eigenvalue weighted by molar-refractivity contribution is -0.129. The molecule has 1 heterocycles. The van der Waals surface area contributed by atoms with Crippen LogP contribution in [0.25, 0.3) is 0 Å². The van der Waals surface area contributed by atoms with Crippen molar-refractivity contribution >= 4 is 33.0 Å². The second-order valence-corrected chi connectivity index (χ2v) is 10.9. The Kier molecular flexibility index (Phi) is 8.31. The van der Waals surface area contributed by atoms with E-state index in [1.165, 1.54) is 17.0 Å². The van der Waals surface area contributed by atoms with E-state index in [9.17, 15) is 22.4 Å². The Hall–Kier alpha value is -3.92. The van der Waals surface area contributed by atoms with E-state index in [0.29, 0.717) is 55.5 Å². The maximum Gasteiger partial charge on any atom is 0.258 e. The summed E-state index contributed by atoms with van der Waals surface area (Å²) in [6.45, 7) is 3.66. The van der Waals surface area contributed by atoms with Crippen molar-refractivity contribution in [3.05, 3.63) is 84.2 Å². The van der Waals surface area contributed by atoms with E-state index in [1.807, 2.05) is 17.9 Å². The lowest BCUT2D eigenvalue weighted by atomic mass is 10.1. The molecule has 0 aromatic heterocycles. The first kappa shape index (κ1) is 27.1. The molecule has 0 saturated carbocycles. The summed E-state index contributed by atoms with van der Waals surface area (Å²) >= 11 is 0. The van der Waals surface area contributed by atoms with Gasteiger partial charge in [0.1, 0.15) is 18.1 Å². The van der Waals surface area contributed by atoms with Gasteiger partial charge in [-0.2, -0.15) is 0 Å². The number of carbonyl (C=O) groups is 2. The lowest BCUT2D eigenvalue weighted by Gasteiger charge is -2.37. The summed E-state index contributed by atoms with van der Waals surface area (Å²) < 4.78 is 43.6. The minimum atomic E-state index is -3.64. The number of nitrogens with zero attached hydrogens (tertiary/aromatic N) is 3. The first-order valence-electron chi connectivity index (χ1n) is 12.3. The van der Waals surface area contributed by atoms with Crippen LogP contribution in [0.4, 0.5) is 15.8 Å². The molecule has 0 radical (unpaired) electrons. The average Bonchev–Trinajstić information content (AvgIpc) is 2.92. The fourth-order valence-corrected chi connectivity index (χ4v) is 5.29. The van der Waals surface area contributed by atoms with Crippen molar-refractivity contribution in [1.29, 1.82) is 0 Å². The van der Waals surface area contributed by atoms with E-state index in [4.69, 9.17) is 4.74 Å². The number of halogens is 1. The number of carbonyl (C=O) groups excluding carboxylic acids is 2. The number of hydrogen-bond acceptors (Lipinski definition) is 6. The van der Waals surface area contributed by atoms with Crippen LogP contribution in [0.15, 0.2) is 77.7 Å². The van der Waals surface area contributed by atoms with Crippen LogP contribution in [-0.4, -0.2) is 70.7 Å². The molecule has 1 aliphatic rings. The van der Waals surface area contributed by atoms with Crippen LogP contribution >= 0.6 is 0 Å². The van der Waals surface area contributed by atoms with Gasteiger partial charge >= 0.3 is 0 Å². The third kappa shape index (κ3) is 6.31. The third-order valence-electron chi connectivity index (χ3n) is 6.31. The van der Waals surface area contributed by atoms with Gasteiger partial charge in [-0.3, -0.25) is 14.5 Å². The second kappa shape index (κ2) is 11.6. The Morgan fingerprint density at radius 1 is 0.947 bits per heavy atom. The predicted octanol–water partition coefficient (Wildman–Crippen LogP) is 3.62. The van der Waals surface area contributed by atoms with Crippen LogP contribution in [0.2, 0.25) is 0 Å². The van der Waals surface area contributed by atoms with Crippen LogP contribution in [-0.2, 0) is 14.6 Å². The molecule has 0 unspecified atom stereocenters. The minimum Gasteiger partial charge on any atom is -0.494 e. The monoisotopic (exact) mass is 539 g/mol. The molecule has 0 atom stereocenters. The third-order valence-corrected chi connectivity index (χ3v) is 7.44. The number of para-hydroxylation sites is 1. The first-order chi connectivity index (χ1) is 18.2. The number of amides is 2. The average molecular weight is 540 g/mol. The van der Waals surface area contributed by atoms with Crippen molar-refractivity contribution in [2.75, 3.05) is 55.4 Å². The SMILES string of the molecule is CCOc1ccc(C(=O)N(CC(=O)N2CCN(c3ccc(F)cc3S(C)(=O)=O)CC2)c2ccccc2)cc1. The quantitative estimate of drug-likeness (QED) is 0.435. The van der Waals surface area contributed by atoms with Crippen LogP contribution in [0.3, 0.4) is 0 Å². The number of sulfone groups is 1. The minimum absolute atomic E-state index is 0.0755. The van der Waals surface area contributed by atoms with Crippen molar-refractivity contribution in [2.24, 2.45) is 0 Å². The number of hydrogen-bond donors (Lipinski definition) is 0. The Labute approximate surface area is 222 Å². The molecule has 38 heavy (non-hydrogen) atoms. The summed E-state index contributed by atoms with van der Waals surface area (Å²) in [6.07, 6.45) is 1.05. The molecule has 4 rings (SSSR count). The van der Waals surface area contributed by atoms with Gasteiger partial charge in [-0.1, -0.05) is 18.2 Å². The summed E-state index contributed by atoms with van der Waals surface area (Å²) in [5.74, 6) is -0.504. The van der Waals surface area contributed by atoms with Gasteiger partial charge < -0.3 is 14.5 Å². The molecule has 10 heteroatoms. The topological polar surface area (TPSA) is 87.2 Å². The molecule has 200 valence electrons. The predicted molar refractivity (Wildman–Crippen MR) is 144 cm³/mol. The number of anilines is 2. The second-order valence-electron chi connectivity index (χ2n) is 8.94. The molecule has 2 amide bonds. The van der Waals surface area contributed by atoms with Crippen LogP contribution < -0.4 is 14.5 Å². The highest BCUT2D eigenvalue weighted by molar-refractivity contribution is 7.90. The van der Waals surface area contributed by atoms with Crippen molar-refractivity contribution in [3.8, 4) is 5.75 Å². The molecule has 1 saturated heterocycles. The normalized spacial score (nSPS) is 13.8. The van der Waals surface area contributed by atoms with E-state index in [1.54, 1.807) is 53.4 Å². The Balaban J connectivity index is 1.48. The fraction of sp³-hybridized carbons (Fsp3) is 0.286. The van der Waals surface area contributed by atoms with E-state index in [-0.39, 0.29) is 23.3 Å². The van der Waals surface area contributed by atoms with Crippen molar-refractivity contribution < 1.29 is 27.1 Å². The van der Waals surface area contributed by atoms with Gasteiger partial charge in [0.2, 0.25) is 5.91 Å². The molecule has 3 aromatic rings. The first-order valence-corrected chi connectivity index (χ1v) is 14.2. The van der Waals surface area contributed by atoms with Gasteiger partial charge in [-0.05, 0) is 61.5 Å². The molecule has 8 nitrogen and oxygen atoms in total. The van der Waals surface area contributed by atoms with Gasteiger partial charge in [0.15, 0.2) is 9.84 Å². The van der Waals surface area contributed by atoms with Gasteiger partial charge in [0.25, 0.3) is 5.91 Å². The summed E-state index contributed by atoms with van der Waals surface area (Å²) in [6, 6.07) is 19.5. The molecule has 0 spiro atoms. The summed E-state index contributed by atoms with van der Waals surface area (Å²) in [5, 5.41) is 0. The number of ether oxygens (including phenoxy) is 1. The molecular formula is C28H30FN3O5S. The molecule has 0 aliphatic carbocycles. The fourth-order valence-electron chi connectivity index (χ4n) is 4.38. The Morgan fingerprint density at radius 3 is 2.21 bits per heavy atom. The Morgan fingerprint density at radius 2 is 1.61 bits per heavy atom. The summed E-state index contributed by atoms with van der Waals surface area (Å²) in [5.41, 5.74) is 1.44. The Bertz CT molecular complexity index is 1390. The van der Waals surface area contributed by atoms with Gasteiger partial charge in [0.05, 0.1) is 17.2 Å².